The number of amides is 2. The fourth-order valence-corrected chi connectivity index (χ4v) is 4.22. The first-order chi connectivity index (χ1) is 12.7. The molecule has 2 aliphatic rings. The Morgan fingerprint density at radius 1 is 1.08 bits per heavy atom. The summed E-state index contributed by atoms with van der Waals surface area (Å²) >= 11 is 0. The van der Waals surface area contributed by atoms with Crippen molar-refractivity contribution in [3.05, 3.63) is 17.2 Å². The van der Waals surface area contributed by atoms with Gasteiger partial charge in [0.1, 0.15) is 5.69 Å². The number of rotatable bonds is 5. The van der Waals surface area contributed by atoms with Gasteiger partial charge in [-0.3, -0.25) is 9.59 Å². The zero-order valence-corrected chi connectivity index (χ0v) is 16.2. The average molecular weight is 361 g/mol. The van der Waals surface area contributed by atoms with Crippen LogP contribution in [-0.2, 0) is 13.0 Å². The van der Waals surface area contributed by atoms with Gasteiger partial charge in [-0.25, -0.2) is 4.98 Å². The molecule has 6 heteroatoms. The van der Waals surface area contributed by atoms with Gasteiger partial charge in [0.15, 0.2) is 5.82 Å². The molecule has 0 atom stereocenters. The molecule has 26 heavy (non-hydrogen) atoms. The Hall–Kier alpha value is -1.85. The van der Waals surface area contributed by atoms with Gasteiger partial charge in [0.25, 0.3) is 11.8 Å². The highest BCUT2D eigenvalue weighted by Gasteiger charge is 2.30. The molecule has 0 radical (unpaired) electrons. The van der Waals surface area contributed by atoms with Gasteiger partial charge in [-0.05, 0) is 46.0 Å². The second kappa shape index (κ2) is 8.69. The van der Waals surface area contributed by atoms with Crippen molar-refractivity contribution in [1.82, 2.24) is 19.8 Å². The lowest BCUT2D eigenvalue weighted by molar-refractivity contribution is 0.0766. The number of nitrogens with one attached hydrogen (secondary N) is 1. The molecule has 0 spiro atoms. The largest absolute Gasteiger partial charge is 0.347 e. The van der Waals surface area contributed by atoms with E-state index >= 15 is 0 Å². The van der Waals surface area contributed by atoms with Gasteiger partial charge in [-0.1, -0.05) is 25.7 Å². The third-order valence-corrected chi connectivity index (χ3v) is 5.76. The molecule has 2 heterocycles. The molecule has 0 unspecified atom stereocenters. The first-order valence-electron chi connectivity index (χ1n) is 10.3. The minimum absolute atomic E-state index is 0.0471. The average Bonchev–Trinajstić information content (AvgIpc) is 2.86. The van der Waals surface area contributed by atoms with Crippen LogP contribution in [0.3, 0.4) is 0 Å². The Morgan fingerprint density at radius 3 is 2.42 bits per heavy atom. The highest BCUT2D eigenvalue weighted by Crippen LogP contribution is 2.23. The second-order valence-electron chi connectivity index (χ2n) is 7.48. The number of hydrogen-bond acceptors (Lipinski definition) is 3. The third-order valence-electron chi connectivity index (χ3n) is 5.76. The van der Waals surface area contributed by atoms with Crippen molar-refractivity contribution in [1.29, 1.82) is 0 Å². The minimum Gasteiger partial charge on any atom is -0.347 e. The molecule has 0 aromatic carbocycles. The van der Waals surface area contributed by atoms with Gasteiger partial charge in [0, 0.05) is 25.7 Å². The smallest absolute Gasteiger partial charge is 0.287 e. The molecule has 2 amide bonds. The first kappa shape index (κ1) is 18.9. The molecule has 6 nitrogen and oxygen atoms in total. The lowest BCUT2D eigenvalue weighted by Crippen LogP contribution is -2.36. The zero-order chi connectivity index (χ0) is 18.5. The van der Waals surface area contributed by atoms with Crippen molar-refractivity contribution < 1.29 is 9.59 Å². The predicted octanol–water partition coefficient (Wildman–Crippen LogP) is 3.15. The van der Waals surface area contributed by atoms with E-state index in [2.05, 4.69) is 10.3 Å². The van der Waals surface area contributed by atoms with Gasteiger partial charge < -0.3 is 14.8 Å². The van der Waals surface area contributed by atoms with E-state index in [0.29, 0.717) is 24.6 Å². The number of fused-ring (bicyclic) bond motifs is 1. The molecule has 1 fully saturated rings. The van der Waals surface area contributed by atoms with Crippen LogP contribution in [0.25, 0.3) is 0 Å². The van der Waals surface area contributed by atoms with Crippen LogP contribution in [0.1, 0.15) is 92.0 Å². The van der Waals surface area contributed by atoms with Crippen LogP contribution in [0.2, 0.25) is 0 Å². The molecule has 3 rings (SSSR count). The predicted molar refractivity (Wildman–Crippen MR) is 101 cm³/mol. The third kappa shape index (κ3) is 3.94. The number of carbonyl (C=O) groups excluding carboxylic acids is 2. The van der Waals surface area contributed by atoms with E-state index in [0.717, 1.165) is 44.3 Å². The van der Waals surface area contributed by atoms with Crippen molar-refractivity contribution in [2.24, 2.45) is 0 Å². The monoisotopic (exact) mass is 360 g/mol. The Morgan fingerprint density at radius 2 is 1.77 bits per heavy atom. The van der Waals surface area contributed by atoms with E-state index < -0.39 is 0 Å². The summed E-state index contributed by atoms with van der Waals surface area (Å²) in [5.74, 6) is 0.271. The van der Waals surface area contributed by atoms with Crippen LogP contribution >= 0.6 is 0 Å². The summed E-state index contributed by atoms with van der Waals surface area (Å²) in [4.78, 5) is 32.1. The summed E-state index contributed by atoms with van der Waals surface area (Å²) in [6.45, 7) is 6.05. The summed E-state index contributed by atoms with van der Waals surface area (Å²) in [6, 6.07) is 0.239. The van der Waals surface area contributed by atoms with Crippen LogP contribution in [0.4, 0.5) is 0 Å². The Kier molecular flexibility index (Phi) is 6.33. The van der Waals surface area contributed by atoms with Gasteiger partial charge in [0.2, 0.25) is 0 Å². The summed E-state index contributed by atoms with van der Waals surface area (Å²) < 4.78 is 1.99. The van der Waals surface area contributed by atoms with E-state index in [1.165, 1.54) is 25.7 Å². The summed E-state index contributed by atoms with van der Waals surface area (Å²) in [6.07, 6.45) is 9.87. The molecular formula is C20H32N4O2. The van der Waals surface area contributed by atoms with E-state index in [4.69, 9.17) is 0 Å². The topological polar surface area (TPSA) is 67.2 Å². The number of hydrogen-bond donors (Lipinski definition) is 1. The molecular weight excluding hydrogens is 328 g/mol. The van der Waals surface area contributed by atoms with Crippen LogP contribution in [0.5, 0.6) is 0 Å². The second-order valence-corrected chi connectivity index (χ2v) is 7.48. The summed E-state index contributed by atoms with van der Waals surface area (Å²) in [7, 11) is 0. The van der Waals surface area contributed by atoms with Crippen LogP contribution in [0, 0.1) is 0 Å². The number of aromatic nitrogens is 2. The first-order valence-corrected chi connectivity index (χ1v) is 10.3. The molecule has 1 aromatic rings. The van der Waals surface area contributed by atoms with Crippen LogP contribution < -0.4 is 5.32 Å². The van der Waals surface area contributed by atoms with Gasteiger partial charge in [-0.2, -0.15) is 0 Å². The van der Waals surface area contributed by atoms with Crippen molar-refractivity contribution in [2.45, 2.75) is 84.2 Å². The van der Waals surface area contributed by atoms with Crippen molar-refractivity contribution in [3.8, 4) is 0 Å². The normalized spacial score (nSPS) is 18.1. The van der Waals surface area contributed by atoms with E-state index in [9.17, 15) is 9.59 Å². The van der Waals surface area contributed by atoms with E-state index in [1.807, 2.05) is 18.4 Å². The van der Waals surface area contributed by atoms with E-state index in [-0.39, 0.29) is 17.9 Å². The Bertz CT molecular complexity index is 640. The molecule has 1 aliphatic carbocycles. The Labute approximate surface area is 156 Å². The van der Waals surface area contributed by atoms with E-state index in [1.54, 1.807) is 4.90 Å². The zero-order valence-electron chi connectivity index (χ0n) is 16.2. The standard InChI is InChI=1S/C20H32N4O2/c1-3-23(4-2)20(26)17-16-13-9-10-14-24(16)18(22-17)19(25)21-15-11-7-5-6-8-12-15/h15H,3-14H2,1-2H3,(H,21,25). The maximum Gasteiger partial charge on any atom is 0.287 e. The van der Waals surface area contributed by atoms with Gasteiger partial charge in [0.05, 0.1) is 5.69 Å². The highest BCUT2D eigenvalue weighted by molar-refractivity contribution is 5.97. The number of imidazole rings is 1. The molecule has 1 aliphatic heterocycles. The van der Waals surface area contributed by atoms with Gasteiger partial charge in [-0.15, -0.1) is 0 Å². The minimum atomic E-state index is -0.112. The molecule has 144 valence electrons. The molecule has 1 N–H and O–H groups in total. The molecule has 1 saturated carbocycles. The van der Waals surface area contributed by atoms with Crippen molar-refractivity contribution in [3.63, 3.8) is 0 Å². The van der Waals surface area contributed by atoms with Crippen molar-refractivity contribution >= 4 is 11.8 Å². The maximum atomic E-state index is 12.9. The Balaban J connectivity index is 1.84. The van der Waals surface area contributed by atoms with Crippen LogP contribution in [0.15, 0.2) is 0 Å². The fraction of sp³-hybridized carbons (Fsp3) is 0.750. The molecule has 0 saturated heterocycles. The summed E-state index contributed by atoms with van der Waals surface area (Å²) in [5.41, 5.74) is 1.43. The number of carbonyl (C=O) groups is 2. The molecule has 1 aromatic heterocycles. The SMILES string of the molecule is CCN(CC)C(=O)c1nc(C(=O)NC2CCCCCC2)n2c1CCCC2. The maximum absolute atomic E-state index is 12.9. The lowest BCUT2D eigenvalue weighted by Gasteiger charge is -2.20. The molecule has 0 bridgehead atoms. The van der Waals surface area contributed by atoms with Crippen molar-refractivity contribution in [2.75, 3.05) is 13.1 Å². The fourth-order valence-electron chi connectivity index (χ4n) is 4.22. The van der Waals surface area contributed by atoms with Gasteiger partial charge >= 0.3 is 0 Å². The highest BCUT2D eigenvalue weighted by atomic mass is 16.2. The quantitative estimate of drug-likeness (QED) is 0.820. The number of nitrogens with zero attached hydrogens (tertiary/aromatic N) is 3. The van der Waals surface area contributed by atoms with Crippen LogP contribution in [-0.4, -0.2) is 45.4 Å². The summed E-state index contributed by atoms with van der Waals surface area (Å²) in [5, 5.41) is 3.19. The lowest BCUT2D eigenvalue weighted by atomic mass is 10.1.